The van der Waals surface area contributed by atoms with Gasteiger partial charge in [-0.05, 0) is 42.5 Å². The lowest BCUT2D eigenvalue weighted by atomic mass is 10.1. The second-order valence-corrected chi connectivity index (χ2v) is 5.33. The summed E-state index contributed by atoms with van der Waals surface area (Å²) in [6.07, 6.45) is 1.58. The minimum Gasteiger partial charge on any atom is -0.464 e. The van der Waals surface area contributed by atoms with Crippen LogP contribution in [-0.2, 0) is 0 Å². The van der Waals surface area contributed by atoms with Gasteiger partial charge in [0.25, 0.3) is 0 Å². The van der Waals surface area contributed by atoms with Crippen molar-refractivity contribution in [3.63, 3.8) is 0 Å². The highest BCUT2D eigenvalue weighted by molar-refractivity contribution is 6.33. The maximum atomic E-state index is 13.4. The summed E-state index contributed by atoms with van der Waals surface area (Å²) in [5, 5.41) is 0.0294. The van der Waals surface area contributed by atoms with Crippen molar-refractivity contribution in [3.05, 3.63) is 65.4 Å². The third-order valence-corrected chi connectivity index (χ3v) is 3.75. The van der Waals surface area contributed by atoms with Gasteiger partial charge in [0.2, 0.25) is 5.89 Å². The minimum absolute atomic E-state index is 0.0294. The van der Waals surface area contributed by atoms with Crippen molar-refractivity contribution >= 4 is 22.7 Å². The lowest BCUT2D eigenvalue weighted by Gasteiger charge is -2.00. The summed E-state index contributed by atoms with van der Waals surface area (Å²) in [6, 6.07) is 10.8. The van der Waals surface area contributed by atoms with E-state index in [0.717, 1.165) is 17.7 Å². The number of fused-ring (bicyclic) bond motifs is 1. The molecule has 4 rings (SSSR count). The summed E-state index contributed by atoms with van der Waals surface area (Å²) in [5.41, 5.74) is 2.10. The van der Waals surface area contributed by atoms with Crippen LogP contribution in [0, 0.1) is 11.6 Å². The maximum absolute atomic E-state index is 13.4. The fourth-order valence-electron chi connectivity index (χ4n) is 2.33. The van der Waals surface area contributed by atoms with Crippen molar-refractivity contribution in [2.24, 2.45) is 0 Å². The molecule has 0 saturated carbocycles. The normalized spacial score (nSPS) is 11.3. The van der Waals surface area contributed by atoms with E-state index >= 15 is 0 Å². The number of halogens is 3. The van der Waals surface area contributed by atoms with Gasteiger partial charge in [0.1, 0.15) is 11.3 Å². The van der Waals surface area contributed by atoms with Crippen LogP contribution in [0.15, 0.2) is 57.6 Å². The molecule has 0 bridgehead atoms. The van der Waals surface area contributed by atoms with E-state index < -0.39 is 11.6 Å². The predicted octanol–water partition coefficient (Wildman–Crippen LogP) is 5.69. The molecule has 2 aromatic heterocycles. The molecule has 2 aromatic carbocycles. The van der Waals surface area contributed by atoms with Crippen molar-refractivity contribution in [1.29, 1.82) is 0 Å². The summed E-state index contributed by atoms with van der Waals surface area (Å²) >= 11 is 5.95. The van der Waals surface area contributed by atoms with E-state index in [-0.39, 0.29) is 16.5 Å². The van der Waals surface area contributed by atoms with E-state index in [0.29, 0.717) is 16.9 Å². The van der Waals surface area contributed by atoms with Crippen LogP contribution in [0.5, 0.6) is 0 Å². The average Bonchev–Trinajstić information content (AvgIpc) is 3.18. The molecule has 0 atom stereocenters. The van der Waals surface area contributed by atoms with Crippen molar-refractivity contribution in [3.8, 4) is 22.8 Å². The Hall–Kier alpha value is -2.66. The zero-order chi connectivity index (χ0) is 16.0. The number of aromatic nitrogens is 1. The Morgan fingerprint density at radius 3 is 2.61 bits per heavy atom. The maximum Gasteiger partial charge on any atom is 0.228 e. The minimum atomic E-state index is -1.02. The molecule has 0 amide bonds. The van der Waals surface area contributed by atoms with Gasteiger partial charge in [-0.3, -0.25) is 0 Å². The first-order chi connectivity index (χ1) is 11.1. The Bertz CT molecular complexity index is 1010. The first-order valence-electron chi connectivity index (χ1n) is 6.71. The zero-order valence-corrected chi connectivity index (χ0v) is 12.3. The molecule has 4 aromatic rings. The topological polar surface area (TPSA) is 39.2 Å². The van der Waals surface area contributed by atoms with Crippen LogP contribution in [0.25, 0.3) is 33.9 Å². The summed E-state index contributed by atoms with van der Waals surface area (Å²) in [4.78, 5) is 4.30. The molecule has 0 fully saturated rings. The molecule has 0 aliphatic carbocycles. The molecule has 0 N–H and O–H groups in total. The van der Waals surface area contributed by atoms with Gasteiger partial charge in [-0.2, -0.15) is 0 Å². The molecule has 0 aliphatic heterocycles. The van der Waals surface area contributed by atoms with Crippen LogP contribution in [0.2, 0.25) is 5.02 Å². The van der Waals surface area contributed by atoms with Crippen LogP contribution in [0.4, 0.5) is 8.78 Å². The van der Waals surface area contributed by atoms with Crippen LogP contribution in [0.1, 0.15) is 0 Å². The van der Waals surface area contributed by atoms with Gasteiger partial charge in [-0.15, -0.1) is 0 Å². The quantitative estimate of drug-likeness (QED) is 0.443. The highest BCUT2D eigenvalue weighted by Crippen LogP contribution is 2.33. The van der Waals surface area contributed by atoms with E-state index in [9.17, 15) is 8.78 Å². The standard InChI is InChI=1S/C17H8ClF2NO2/c18-11-8-13(20)12(19)7-10(11)17-21-14-6-9(3-4-16(14)23-17)15-2-1-5-22-15/h1-8H. The highest BCUT2D eigenvalue weighted by atomic mass is 35.5. The van der Waals surface area contributed by atoms with E-state index in [2.05, 4.69) is 4.98 Å². The lowest BCUT2D eigenvalue weighted by Crippen LogP contribution is -1.87. The molecule has 0 saturated heterocycles. The van der Waals surface area contributed by atoms with Crippen LogP contribution >= 0.6 is 11.6 Å². The van der Waals surface area contributed by atoms with Crippen molar-refractivity contribution in [2.45, 2.75) is 0 Å². The number of rotatable bonds is 2. The molecule has 6 heteroatoms. The number of benzene rings is 2. The highest BCUT2D eigenvalue weighted by Gasteiger charge is 2.16. The van der Waals surface area contributed by atoms with Crippen molar-refractivity contribution in [2.75, 3.05) is 0 Å². The Morgan fingerprint density at radius 1 is 1.00 bits per heavy atom. The van der Waals surface area contributed by atoms with Gasteiger partial charge in [-0.1, -0.05) is 11.6 Å². The Balaban J connectivity index is 1.85. The van der Waals surface area contributed by atoms with Crippen molar-refractivity contribution in [1.82, 2.24) is 4.98 Å². The fourth-order valence-corrected chi connectivity index (χ4v) is 2.56. The molecule has 0 aliphatic rings. The molecule has 2 heterocycles. The van der Waals surface area contributed by atoms with Crippen molar-refractivity contribution < 1.29 is 17.6 Å². The second kappa shape index (κ2) is 5.21. The SMILES string of the molecule is Fc1cc(Cl)c(-c2nc3cc(-c4ccco4)ccc3o2)cc1F. The van der Waals surface area contributed by atoms with Crippen LogP contribution in [-0.4, -0.2) is 4.98 Å². The molecule has 0 unspecified atom stereocenters. The number of furan rings is 1. The number of oxazole rings is 1. The third kappa shape index (κ3) is 2.39. The zero-order valence-electron chi connectivity index (χ0n) is 11.5. The van der Waals surface area contributed by atoms with Gasteiger partial charge in [0, 0.05) is 5.56 Å². The molecule has 114 valence electrons. The molecular weight excluding hydrogens is 324 g/mol. The van der Waals surface area contributed by atoms with E-state index in [1.165, 1.54) is 0 Å². The number of hydrogen-bond acceptors (Lipinski definition) is 3. The fraction of sp³-hybridized carbons (Fsp3) is 0. The van der Waals surface area contributed by atoms with Gasteiger partial charge in [0.05, 0.1) is 16.8 Å². The first-order valence-corrected chi connectivity index (χ1v) is 7.09. The summed E-state index contributed by atoms with van der Waals surface area (Å²) < 4.78 is 37.5. The molecule has 23 heavy (non-hydrogen) atoms. The van der Waals surface area contributed by atoms with E-state index in [4.69, 9.17) is 20.4 Å². The van der Waals surface area contributed by atoms with Gasteiger partial charge in [-0.25, -0.2) is 13.8 Å². The summed E-state index contributed by atoms with van der Waals surface area (Å²) in [6.45, 7) is 0. The van der Waals surface area contributed by atoms with Gasteiger partial charge < -0.3 is 8.83 Å². The molecular formula is C17H8ClF2NO2. The van der Waals surface area contributed by atoms with Crippen LogP contribution in [0.3, 0.4) is 0 Å². The average molecular weight is 332 g/mol. The Labute approximate surface area is 134 Å². The van der Waals surface area contributed by atoms with Gasteiger partial charge in [0.15, 0.2) is 17.2 Å². The molecule has 3 nitrogen and oxygen atoms in total. The Kier molecular flexibility index (Phi) is 3.16. The molecule has 0 radical (unpaired) electrons. The smallest absolute Gasteiger partial charge is 0.228 e. The first kappa shape index (κ1) is 14.0. The number of nitrogens with zero attached hydrogens (tertiary/aromatic N) is 1. The third-order valence-electron chi connectivity index (χ3n) is 3.43. The summed E-state index contributed by atoms with van der Waals surface area (Å²) in [7, 11) is 0. The lowest BCUT2D eigenvalue weighted by molar-refractivity contribution is 0.508. The van der Waals surface area contributed by atoms with Crippen LogP contribution < -0.4 is 0 Å². The molecule has 0 spiro atoms. The second-order valence-electron chi connectivity index (χ2n) is 4.92. The predicted molar refractivity (Wildman–Crippen MR) is 82.1 cm³/mol. The monoisotopic (exact) mass is 331 g/mol. The van der Waals surface area contributed by atoms with Gasteiger partial charge >= 0.3 is 0 Å². The summed E-state index contributed by atoms with van der Waals surface area (Å²) in [5.74, 6) is -1.21. The Morgan fingerprint density at radius 2 is 1.83 bits per heavy atom. The van der Waals surface area contributed by atoms with E-state index in [1.54, 1.807) is 24.5 Å². The van der Waals surface area contributed by atoms with E-state index in [1.807, 2.05) is 12.1 Å². The number of hydrogen-bond donors (Lipinski definition) is 0. The largest absolute Gasteiger partial charge is 0.464 e.